The second-order valence-corrected chi connectivity index (χ2v) is 12.2. The van der Waals surface area contributed by atoms with Gasteiger partial charge in [0.1, 0.15) is 0 Å². The van der Waals surface area contributed by atoms with E-state index in [0.717, 1.165) is 36.5 Å². The largest absolute Gasteiger partial charge is 0.481 e. The molecule has 3 N–H and O–H groups in total. The number of carboxylic acid groups (broad SMARTS) is 1. The smallest absolute Gasteiger partial charge is 0.307 e. The maximum Gasteiger partial charge on any atom is 0.307 e. The zero-order valence-electron chi connectivity index (χ0n) is 19.8. The van der Waals surface area contributed by atoms with E-state index in [-0.39, 0.29) is 17.7 Å². The quantitative estimate of drug-likeness (QED) is 0.545. The van der Waals surface area contributed by atoms with Crippen LogP contribution in [0.15, 0.2) is 11.6 Å². The van der Waals surface area contributed by atoms with Gasteiger partial charge in [0.05, 0.1) is 6.42 Å². The van der Waals surface area contributed by atoms with Crippen LogP contribution in [0.3, 0.4) is 0 Å². The molecule has 4 aliphatic rings. The third kappa shape index (κ3) is 4.48. The van der Waals surface area contributed by atoms with E-state index in [0.29, 0.717) is 10.8 Å². The number of primary amides is 1. The first-order valence-electron chi connectivity index (χ1n) is 12.1. The molecule has 4 heteroatoms. The van der Waals surface area contributed by atoms with Gasteiger partial charge < -0.3 is 10.8 Å². The van der Waals surface area contributed by atoms with Crippen molar-refractivity contribution in [2.45, 2.75) is 98.8 Å². The van der Waals surface area contributed by atoms with Gasteiger partial charge in [-0.05, 0) is 85.9 Å². The fourth-order valence-corrected chi connectivity index (χ4v) is 7.28. The van der Waals surface area contributed by atoms with Crippen molar-refractivity contribution in [2.75, 3.05) is 0 Å². The molecule has 0 aromatic heterocycles. The fourth-order valence-electron chi connectivity index (χ4n) is 7.28. The minimum absolute atomic E-state index is 0.257. The van der Waals surface area contributed by atoms with E-state index < -0.39 is 5.97 Å². The van der Waals surface area contributed by atoms with Gasteiger partial charge >= 0.3 is 5.97 Å². The zero-order chi connectivity index (χ0) is 22.3. The Hall–Kier alpha value is -1.32. The van der Waals surface area contributed by atoms with Crippen molar-refractivity contribution in [3.63, 3.8) is 0 Å². The maximum atomic E-state index is 11.1. The van der Waals surface area contributed by atoms with Crippen LogP contribution in [0.25, 0.3) is 0 Å². The molecule has 0 saturated heterocycles. The van der Waals surface area contributed by atoms with Gasteiger partial charge in [0, 0.05) is 5.41 Å². The van der Waals surface area contributed by atoms with Gasteiger partial charge in [-0.3, -0.25) is 9.59 Å². The molecule has 3 fully saturated rings. The van der Waals surface area contributed by atoms with Crippen LogP contribution in [-0.4, -0.2) is 17.0 Å². The van der Waals surface area contributed by atoms with Gasteiger partial charge in [-0.25, -0.2) is 0 Å². The second kappa shape index (κ2) is 8.31. The van der Waals surface area contributed by atoms with Gasteiger partial charge in [-0.2, -0.15) is 0 Å². The van der Waals surface area contributed by atoms with Crippen LogP contribution in [0.2, 0.25) is 0 Å². The molecule has 0 aliphatic heterocycles. The van der Waals surface area contributed by atoms with E-state index >= 15 is 0 Å². The molecule has 4 aliphatic carbocycles. The highest BCUT2D eigenvalue weighted by Gasteiger charge is 2.57. The Kier molecular flexibility index (Phi) is 6.47. The van der Waals surface area contributed by atoms with Crippen LogP contribution in [0.4, 0.5) is 0 Å². The van der Waals surface area contributed by atoms with Crippen LogP contribution in [0.1, 0.15) is 98.8 Å². The summed E-state index contributed by atoms with van der Waals surface area (Å²) in [6.07, 6.45) is 14.7. The molecule has 3 saturated carbocycles. The molecule has 0 bridgehead atoms. The summed E-state index contributed by atoms with van der Waals surface area (Å²) in [6, 6.07) is 0. The summed E-state index contributed by atoms with van der Waals surface area (Å²) in [6.45, 7) is 10.5. The van der Waals surface area contributed by atoms with Gasteiger partial charge in [-0.1, -0.05) is 52.7 Å². The van der Waals surface area contributed by atoms with Gasteiger partial charge in [-0.15, -0.1) is 0 Å². The molecule has 30 heavy (non-hydrogen) atoms. The minimum atomic E-state index is -0.659. The predicted molar refractivity (Wildman–Crippen MR) is 121 cm³/mol. The van der Waals surface area contributed by atoms with E-state index in [9.17, 15) is 9.59 Å². The molecule has 170 valence electrons. The third-order valence-corrected chi connectivity index (χ3v) is 9.30. The highest BCUT2D eigenvalue weighted by Crippen LogP contribution is 2.66. The molecular weight excluding hydrogens is 374 g/mol. The minimum Gasteiger partial charge on any atom is -0.481 e. The number of hydrogen-bond donors (Lipinski definition) is 2. The van der Waals surface area contributed by atoms with E-state index in [1.807, 2.05) is 0 Å². The molecule has 0 heterocycles. The number of nitrogens with two attached hydrogens (primary N) is 1. The van der Waals surface area contributed by atoms with Crippen molar-refractivity contribution in [3.8, 4) is 0 Å². The summed E-state index contributed by atoms with van der Waals surface area (Å²) in [5.41, 5.74) is 6.85. The van der Waals surface area contributed by atoms with Crippen LogP contribution in [0.5, 0.6) is 0 Å². The second-order valence-electron chi connectivity index (χ2n) is 12.2. The molecular formula is C26H43NO3. The highest BCUT2D eigenvalue weighted by atomic mass is 16.4. The lowest BCUT2D eigenvalue weighted by Crippen LogP contribution is -2.51. The van der Waals surface area contributed by atoms with Crippen molar-refractivity contribution in [1.29, 1.82) is 0 Å². The summed E-state index contributed by atoms with van der Waals surface area (Å²) in [5.74, 6) is 2.63. The molecule has 6 atom stereocenters. The van der Waals surface area contributed by atoms with E-state index in [1.54, 1.807) is 20.8 Å². The molecule has 3 unspecified atom stereocenters. The van der Waals surface area contributed by atoms with Crippen LogP contribution < -0.4 is 5.73 Å². The normalized spacial score (nSPS) is 40.1. The molecule has 1 amide bonds. The van der Waals surface area contributed by atoms with Gasteiger partial charge in [0.25, 0.3) is 0 Å². The number of aliphatic carboxylic acids is 1. The first-order valence-corrected chi connectivity index (χ1v) is 12.1. The number of allylic oxidation sites excluding steroid dienone is 1. The summed E-state index contributed by atoms with van der Waals surface area (Å²) in [7, 11) is 0. The number of carboxylic acids is 1. The van der Waals surface area contributed by atoms with E-state index in [4.69, 9.17) is 10.8 Å². The van der Waals surface area contributed by atoms with Crippen molar-refractivity contribution in [2.24, 2.45) is 45.7 Å². The Morgan fingerprint density at radius 2 is 1.77 bits per heavy atom. The molecule has 0 aromatic carbocycles. The summed E-state index contributed by atoms with van der Waals surface area (Å²) in [5, 5.41) is 9.10. The summed E-state index contributed by atoms with van der Waals surface area (Å²) in [4.78, 5) is 21.3. The average molecular weight is 418 g/mol. The van der Waals surface area contributed by atoms with Gasteiger partial charge in [0.2, 0.25) is 5.91 Å². The molecule has 4 nitrogen and oxygen atoms in total. The number of hydrogen-bond acceptors (Lipinski definition) is 2. The first-order chi connectivity index (χ1) is 13.9. The Bertz CT molecular complexity index is 706. The van der Waals surface area contributed by atoms with E-state index in [1.165, 1.54) is 50.5 Å². The third-order valence-electron chi connectivity index (χ3n) is 9.30. The van der Waals surface area contributed by atoms with Crippen LogP contribution >= 0.6 is 0 Å². The number of amides is 1. The SMILES string of the molecule is CC(C)(C)C(N)=O.C[C@@]12CCCC1C1CC[C@H]3CC(CC(=O)O)=CC[C@]3(C)C1CC2. The van der Waals surface area contributed by atoms with Crippen molar-refractivity contribution >= 4 is 11.9 Å². The molecule has 0 aromatic rings. The number of rotatable bonds is 2. The lowest BCUT2D eigenvalue weighted by Gasteiger charge is -2.59. The van der Waals surface area contributed by atoms with Crippen molar-refractivity contribution < 1.29 is 14.7 Å². The molecule has 0 radical (unpaired) electrons. The van der Waals surface area contributed by atoms with Gasteiger partial charge in [0.15, 0.2) is 0 Å². The number of carbonyl (C=O) groups excluding carboxylic acids is 1. The summed E-state index contributed by atoms with van der Waals surface area (Å²) < 4.78 is 0. The predicted octanol–water partition coefficient (Wildman–Crippen LogP) is 5.95. The topological polar surface area (TPSA) is 80.4 Å². The van der Waals surface area contributed by atoms with E-state index in [2.05, 4.69) is 19.9 Å². The van der Waals surface area contributed by atoms with Crippen molar-refractivity contribution in [3.05, 3.63) is 11.6 Å². The van der Waals surface area contributed by atoms with Crippen LogP contribution in [-0.2, 0) is 9.59 Å². The standard InChI is InChI=1S/C21H32O2.C5H11NO/c1-20-9-3-4-17(20)16-6-5-15-12-14(13-19(22)23)7-11-21(15,2)18(16)8-10-20;1-5(2,3)4(6)7/h7,15-18H,3-6,8-13H2,1-2H3,(H,22,23);1-3H3,(H2,6,7)/t15-,16?,17?,18?,20-,21-;/m0./s1. The molecule has 0 spiro atoms. The lowest BCUT2D eigenvalue weighted by atomic mass is 9.45. The number of carbonyl (C=O) groups is 2. The molecule has 4 rings (SSSR count). The monoisotopic (exact) mass is 417 g/mol. The average Bonchev–Trinajstić information content (AvgIpc) is 3.03. The van der Waals surface area contributed by atoms with Crippen molar-refractivity contribution in [1.82, 2.24) is 0 Å². The maximum absolute atomic E-state index is 11.1. The zero-order valence-corrected chi connectivity index (χ0v) is 19.8. The Morgan fingerprint density at radius 3 is 2.37 bits per heavy atom. The van der Waals surface area contributed by atoms with Crippen LogP contribution in [0, 0.1) is 39.9 Å². The fraction of sp³-hybridized carbons (Fsp3) is 0.846. The Balaban J connectivity index is 0.000000318. The Labute approximate surface area is 183 Å². The number of fused-ring (bicyclic) bond motifs is 5. The summed E-state index contributed by atoms with van der Waals surface area (Å²) >= 11 is 0. The highest BCUT2D eigenvalue weighted by molar-refractivity contribution is 5.79. The lowest BCUT2D eigenvalue weighted by molar-refractivity contribution is -0.136. The Morgan fingerprint density at radius 1 is 1.10 bits per heavy atom. The first kappa shape index (κ1) is 23.3.